The van der Waals surface area contributed by atoms with Crippen LogP contribution in [0.2, 0.25) is 5.02 Å². The third kappa shape index (κ3) is 5.45. The Hall–Kier alpha value is -2.82. The topological polar surface area (TPSA) is 74.9 Å². The second kappa shape index (κ2) is 10.7. The molecule has 1 saturated heterocycles. The molecule has 0 unspecified atom stereocenters. The van der Waals surface area contributed by atoms with Crippen LogP contribution < -0.4 is 10.1 Å². The fourth-order valence-corrected chi connectivity index (χ4v) is 4.53. The molecule has 0 aliphatic carbocycles. The maximum Gasteiger partial charge on any atom is 0.380 e. The molecule has 36 heavy (non-hydrogen) atoms. The molecule has 3 aromatic rings. The molecule has 2 aromatic carbocycles. The van der Waals surface area contributed by atoms with Gasteiger partial charge in [0.15, 0.2) is 5.76 Å². The van der Waals surface area contributed by atoms with Gasteiger partial charge in [-0.2, -0.15) is 8.78 Å². The van der Waals surface area contributed by atoms with Crippen LogP contribution in [-0.2, 0) is 10.7 Å². The predicted octanol–water partition coefficient (Wildman–Crippen LogP) is 5.44. The van der Waals surface area contributed by atoms with Crippen molar-refractivity contribution >= 4 is 28.5 Å². The van der Waals surface area contributed by atoms with E-state index in [1.165, 1.54) is 37.4 Å². The summed E-state index contributed by atoms with van der Waals surface area (Å²) in [5.74, 6) is -6.70. The third-order valence-electron chi connectivity index (χ3n) is 6.25. The van der Waals surface area contributed by atoms with Gasteiger partial charge in [0.05, 0.1) is 18.7 Å². The van der Waals surface area contributed by atoms with Crippen LogP contribution >= 0.6 is 11.6 Å². The van der Waals surface area contributed by atoms with E-state index in [0.717, 1.165) is 25.0 Å². The number of halogens is 5. The normalized spacial score (nSPS) is 16.4. The fraction of sp³-hybridized carbons (Fsp3) is 0.400. The Bertz CT molecular complexity index is 1230. The summed E-state index contributed by atoms with van der Waals surface area (Å²) in [5.41, 5.74) is -0.280. The number of carbonyl (C=O) groups is 1. The molecule has 0 saturated carbocycles. The molecule has 1 aliphatic rings. The zero-order valence-electron chi connectivity index (χ0n) is 19.3. The monoisotopic (exact) mass is 528 g/mol. The molecule has 2 N–H and O–H groups in total. The second-order valence-electron chi connectivity index (χ2n) is 8.70. The van der Waals surface area contributed by atoms with Crippen molar-refractivity contribution in [3.63, 3.8) is 0 Å². The summed E-state index contributed by atoms with van der Waals surface area (Å²) in [6.07, 6.45) is -2.66. The predicted molar refractivity (Wildman–Crippen MR) is 126 cm³/mol. The number of aliphatic hydroxyl groups is 1. The van der Waals surface area contributed by atoms with Crippen LogP contribution in [-0.4, -0.2) is 48.7 Å². The minimum atomic E-state index is -4.07. The van der Waals surface area contributed by atoms with Crippen LogP contribution in [0.4, 0.5) is 17.6 Å². The molecular weight excluding hydrogens is 504 g/mol. The Morgan fingerprint density at radius 3 is 2.58 bits per heavy atom. The van der Waals surface area contributed by atoms with E-state index in [1.54, 1.807) is 0 Å². The molecule has 0 radical (unpaired) electrons. The van der Waals surface area contributed by atoms with E-state index in [-0.39, 0.29) is 23.4 Å². The van der Waals surface area contributed by atoms with Crippen molar-refractivity contribution in [2.75, 3.05) is 26.7 Å². The summed E-state index contributed by atoms with van der Waals surface area (Å²) in [5, 5.41) is 13.9. The Morgan fingerprint density at radius 2 is 1.92 bits per heavy atom. The van der Waals surface area contributed by atoms with Gasteiger partial charge in [-0.05, 0) is 67.9 Å². The first-order valence-corrected chi connectivity index (χ1v) is 11.7. The zero-order valence-corrected chi connectivity index (χ0v) is 20.1. The number of furan rings is 1. The van der Waals surface area contributed by atoms with Gasteiger partial charge in [-0.3, -0.25) is 4.79 Å². The average molecular weight is 529 g/mol. The lowest BCUT2D eigenvalue weighted by molar-refractivity contribution is -0.151. The lowest BCUT2D eigenvalue weighted by Gasteiger charge is -2.30. The minimum Gasteiger partial charge on any atom is -0.496 e. The van der Waals surface area contributed by atoms with Gasteiger partial charge < -0.3 is 24.5 Å². The second-order valence-corrected chi connectivity index (χ2v) is 9.14. The maximum atomic E-state index is 15.1. The molecular formula is C25H25ClF4N2O4. The van der Waals surface area contributed by atoms with E-state index in [2.05, 4.69) is 5.32 Å². The number of benzene rings is 2. The molecule has 1 aromatic heterocycles. The summed E-state index contributed by atoms with van der Waals surface area (Å²) in [6.45, 7) is 1.37. The highest BCUT2D eigenvalue weighted by atomic mass is 35.5. The summed E-state index contributed by atoms with van der Waals surface area (Å²) >= 11 is 5.90. The largest absolute Gasteiger partial charge is 0.496 e. The smallest absolute Gasteiger partial charge is 0.380 e. The lowest BCUT2D eigenvalue weighted by Crippen LogP contribution is -2.50. The van der Waals surface area contributed by atoms with Gasteiger partial charge in [0.2, 0.25) is 0 Å². The Morgan fingerprint density at radius 1 is 1.19 bits per heavy atom. The van der Waals surface area contributed by atoms with Crippen LogP contribution in [0.1, 0.15) is 42.3 Å². The SMILES string of the molecule is COc1ccc([C@@H](O)[C@@H](CN2CCCC2)NC(=O)C(F)(F)c2cc3cc(Cl)ccc3o2)cc1C(F)F. The first-order valence-electron chi connectivity index (χ1n) is 11.3. The van der Waals surface area contributed by atoms with Crippen LogP contribution in [0.3, 0.4) is 0 Å². The molecule has 2 heterocycles. The molecule has 11 heteroatoms. The van der Waals surface area contributed by atoms with Crippen molar-refractivity contribution in [3.05, 3.63) is 64.4 Å². The Labute approximate surface area is 209 Å². The number of aliphatic hydroxyl groups excluding tert-OH is 1. The molecule has 0 bridgehead atoms. The van der Waals surface area contributed by atoms with Crippen LogP contribution in [0.25, 0.3) is 11.0 Å². The number of ether oxygens (including phenoxy) is 1. The number of hydrogen-bond donors (Lipinski definition) is 2. The summed E-state index contributed by atoms with van der Waals surface area (Å²) in [4.78, 5) is 14.7. The number of likely N-dealkylation sites (tertiary alicyclic amines) is 1. The number of carbonyl (C=O) groups excluding carboxylic acids is 1. The molecule has 4 rings (SSSR count). The van der Waals surface area contributed by atoms with Crippen molar-refractivity contribution in [2.45, 2.75) is 37.3 Å². The van der Waals surface area contributed by atoms with Gasteiger partial charge in [-0.15, -0.1) is 0 Å². The summed E-state index contributed by atoms with van der Waals surface area (Å²) < 4.78 is 67.4. The number of rotatable bonds is 9. The van der Waals surface area contributed by atoms with E-state index >= 15 is 8.78 Å². The molecule has 1 aliphatic heterocycles. The van der Waals surface area contributed by atoms with Crippen molar-refractivity contribution in [1.82, 2.24) is 10.2 Å². The molecule has 194 valence electrons. The van der Waals surface area contributed by atoms with Crippen LogP contribution in [0, 0.1) is 0 Å². The number of fused-ring (bicyclic) bond motifs is 1. The Balaban J connectivity index is 1.61. The number of methoxy groups -OCH3 is 1. The highest BCUT2D eigenvalue weighted by Gasteiger charge is 2.46. The molecule has 1 fully saturated rings. The van der Waals surface area contributed by atoms with Crippen LogP contribution in [0.15, 0.2) is 46.9 Å². The standard InChI is InChI=1S/C25H25ClF4N2O4/c1-35-20-6-4-14(11-17(20)23(27)28)22(33)18(13-32-8-2-3-9-32)31-24(34)25(29,30)21-12-15-10-16(26)5-7-19(15)36-21/h4-7,10-12,18,22-23,33H,2-3,8-9,13H2,1H3,(H,31,34)/t18-,22-/m1/s1. The van der Waals surface area contributed by atoms with Crippen LogP contribution in [0.5, 0.6) is 5.75 Å². The van der Waals surface area contributed by atoms with E-state index < -0.39 is 41.7 Å². The lowest BCUT2D eigenvalue weighted by atomic mass is 9.98. The minimum absolute atomic E-state index is 0.0392. The number of alkyl halides is 4. The van der Waals surface area contributed by atoms with Crippen molar-refractivity contribution in [2.24, 2.45) is 0 Å². The highest BCUT2D eigenvalue weighted by Crippen LogP contribution is 2.36. The van der Waals surface area contributed by atoms with E-state index in [1.807, 2.05) is 4.90 Å². The van der Waals surface area contributed by atoms with Gasteiger partial charge >= 0.3 is 5.92 Å². The first kappa shape index (κ1) is 26.2. The molecule has 6 nitrogen and oxygen atoms in total. The Kier molecular flexibility index (Phi) is 7.77. The number of nitrogens with one attached hydrogen (secondary N) is 1. The first-order chi connectivity index (χ1) is 17.1. The maximum absolute atomic E-state index is 15.1. The molecule has 1 amide bonds. The summed E-state index contributed by atoms with van der Waals surface area (Å²) in [7, 11) is 1.24. The average Bonchev–Trinajstić information content (AvgIpc) is 3.52. The van der Waals surface area contributed by atoms with Crippen molar-refractivity contribution in [3.8, 4) is 5.75 Å². The van der Waals surface area contributed by atoms with E-state index in [0.29, 0.717) is 23.5 Å². The molecule has 0 spiro atoms. The third-order valence-corrected chi connectivity index (χ3v) is 6.49. The van der Waals surface area contributed by atoms with Gasteiger partial charge in [-0.25, -0.2) is 8.78 Å². The number of nitrogens with zero attached hydrogens (tertiary/aromatic N) is 1. The highest BCUT2D eigenvalue weighted by molar-refractivity contribution is 6.31. The van der Waals surface area contributed by atoms with Gasteiger partial charge in [0.1, 0.15) is 17.4 Å². The fourth-order valence-electron chi connectivity index (χ4n) is 4.35. The number of amides is 1. The molecule has 2 atom stereocenters. The van der Waals surface area contributed by atoms with Gasteiger partial charge in [-0.1, -0.05) is 17.7 Å². The summed E-state index contributed by atoms with van der Waals surface area (Å²) in [6, 6.07) is 7.83. The zero-order chi connectivity index (χ0) is 26.0. The van der Waals surface area contributed by atoms with Gasteiger partial charge in [0.25, 0.3) is 12.3 Å². The van der Waals surface area contributed by atoms with Crippen molar-refractivity contribution < 1.29 is 36.6 Å². The van der Waals surface area contributed by atoms with Gasteiger partial charge in [0, 0.05) is 17.0 Å². The number of hydrogen-bond acceptors (Lipinski definition) is 5. The quantitative estimate of drug-likeness (QED) is 0.362. The van der Waals surface area contributed by atoms with Crippen molar-refractivity contribution in [1.29, 1.82) is 0 Å². The van der Waals surface area contributed by atoms with E-state index in [4.69, 9.17) is 20.8 Å². The van der Waals surface area contributed by atoms with E-state index in [9.17, 15) is 18.7 Å².